The molecule has 2 aliphatic rings. The van der Waals surface area contributed by atoms with E-state index in [2.05, 4.69) is 23.2 Å². The van der Waals surface area contributed by atoms with Crippen molar-refractivity contribution in [3.8, 4) is 0 Å². The van der Waals surface area contributed by atoms with E-state index in [4.69, 9.17) is 4.74 Å². The van der Waals surface area contributed by atoms with Crippen LogP contribution in [0.2, 0.25) is 0 Å². The van der Waals surface area contributed by atoms with E-state index in [1.807, 2.05) is 6.20 Å². The molecule has 1 fully saturated rings. The maximum absolute atomic E-state index is 5.22. The van der Waals surface area contributed by atoms with Gasteiger partial charge < -0.3 is 4.74 Å². The lowest BCUT2D eigenvalue weighted by atomic mass is 9.59. The van der Waals surface area contributed by atoms with Crippen LogP contribution in [0, 0.1) is 11.3 Å². The first-order chi connectivity index (χ1) is 9.24. The lowest BCUT2D eigenvalue weighted by molar-refractivity contribution is 0.139. The van der Waals surface area contributed by atoms with E-state index in [-0.39, 0.29) is 0 Å². The third-order valence-electron chi connectivity index (χ3n) is 5.16. The fourth-order valence-electron chi connectivity index (χ4n) is 3.99. The average molecular weight is 260 g/mol. The Labute approximate surface area is 115 Å². The second kappa shape index (κ2) is 5.12. The van der Waals surface area contributed by atoms with Crippen LogP contribution in [0.5, 0.6) is 0 Å². The van der Waals surface area contributed by atoms with Crippen molar-refractivity contribution in [2.45, 2.75) is 45.4 Å². The van der Waals surface area contributed by atoms with Crippen molar-refractivity contribution in [2.24, 2.45) is 11.3 Å². The second-order valence-corrected chi connectivity index (χ2v) is 6.30. The van der Waals surface area contributed by atoms with Gasteiger partial charge in [-0.1, -0.05) is 12.5 Å². The molecular weight excluding hydrogens is 236 g/mol. The Balaban J connectivity index is 1.82. The maximum atomic E-state index is 5.22. The number of allylic oxidation sites excluding steroid dienone is 1. The van der Waals surface area contributed by atoms with E-state index in [0.717, 1.165) is 18.9 Å². The SMILES string of the molecule is COCCC[C@H]1CCCC2=Cc3[nH]ncc3C[C@@]21C. The van der Waals surface area contributed by atoms with Crippen LogP contribution in [-0.2, 0) is 11.2 Å². The van der Waals surface area contributed by atoms with Gasteiger partial charge in [-0.25, -0.2) is 0 Å². The number of nitrogens with one attached hydrogen (secondary N) is 1. The van der Waals surface area contributed by atoms with E-state index in [1.165, 1.54) is 43.4 Å². The summed E-state index contributed by atoms with van der Waals surface area (Å²) in [5.41, 5.74) is 4.62. The summed E-state index contributed by atoms with van der Waals surface area (Å²) in [6, 6.07) is 0. The van der Waals surface area contributed by atoms with Crippen LogP contribution in [-0.4, -0.2) is 23.9 Å². The van der Waals surface area contributed by atoms with Gasteiger partial charge in [0.15, 0.2) is 0 Å². The van der Waals surface area contributed by atoms with Crippen LogP contribution in [0.4, 0.5) is 0 Å². The van der Waals surface area contributed by atoms with Crippen LogP contribution in [0.25, 0.3) is 6.08 Å². The molecule has 0 amide bonds. The number of hydrogen-bond donors (Lipinski definition) is 1. The summed E-state index contributed by atoms with van der Waals surface area (Å²) in [4.78, 5) is 0. The van der Waals surface area contributed by atoms with Crippen molar-refractivity contribution in [3.05, 3.63) is 23.0 Å². The number of rotatable bonds is 4. The standard InChI is InChI=1S/C16H24N2O/c1-16-10-12-11-17-18-15(12)9-14(16)6-3-5-13(16)7-4-8-19-2/h9,11,13H,3-8,10H2,1-2H3,(H,17,18)/t13-,16-/m1/s1. The van der Waals surface area contributed by atoms with Crippen LogP contribution >= 0.6 is 0 Å². The second-order valence-electron chi connectivity index (χ2n) is 6.30. The van der Waals surface area contributed by atoms with Crippen molar-refractivity contribution in [3.63, 3.8) is 0 Å². The zero-order valence-electron chi connectivity index (χ0n) is 12.0. The van der Waals surface area contributed by atoms with Crippen LogP contribution < -0.4 is 0 Å². The van der Waals surface area contributed by atoms with Crippen molar-refractivity contribution >= 4 is 6.08 Å². The van der Waals surface area contributed by atoms with E-state index in [1.54, 1.807) is 12.7 Å². The van der Waals surface area contributed by atoms with Gasteiger partial charge >= 0.3 is 0 Å². The molecule has 1 aromatic rings. The molecule has 1 saturated carbocycles. The van der Waals surface area contributed by atoms with Crippen LogP contribution in [0.15, 0.2) is 11.8 Å². The van der Waals surface area contributed by atoms with Gasteiger partial charge in [-0.2, -0.15) is 5.10 Å². The Morgan fingerprint density at radius 1 is 1.53 bits per heavy atom. The average Bonchev–Trinajstić information content (AvgIpc) is 2.83. The number of methoxy groups -OCH3 is 1. The monoisotopic (exact) mass is 260 g/mol. The van der Waals surface area contributed by atoms with Gasteiger partial charge in [0.05, 0.1) is 11.9 Å². The first-order valence-corrected chi connectivity index (χ1v) is 7.46. The van der Waals surface area contributed by atoms with Gasteiger partial charge in [0.25, 0.3) is 0 Å². The number of nitrogens with zero attached hydrogens (tertiary/aromatic N) is 1. The molecule has 19 heavy (non-hydrogen) atoms. The number of fused-ring (bicyclic) bond motifs is 2. The van der Waals surface area contributed by atoms with Gasteiger partial charge in [-0.15, -0.1) is 0 Å². The Kier molecular flexibility index (Phi) is 3.48. The Morgan fingerprint density at radius 3 is 3.26 bits per heavy atom. The normalized spacial score (nSPS) is 29.6. The molecule has 1 heterocycles. The molecule has 3 heteroatoms. The van der Waals surface area contributed by atoms with Crippen molar-refractivity contribution < 1.29 is 4.74 Å². The Morgan fingerprint density at radius 2 is 2.42 bits per heavy atom. The largest absolute Gasteiger partial charge is 0.385 e. The smallest absolute Gasteiger partial charge is 0.0609 e. The van der Waals surface area contributed by atoms with Crippen LogP contribution in [0.1, 0.15) is 50.3 Å². The molecule has 0 aliphatic heterocycles. The van der Waals surface area contributed by atoms with Gasteiger partial charge in [0, 0.05) is 13.7 Å². The third-order valence-corrected chi connectivity index (χ3v) is 5.16. The van der Waals surface area contributed by atoms with Gasteiger partial charge in [-0.3, -0.25) is 5.10 Å². The molecule has 2 aliphatic carbocycles. The summed E-state index contributed by atoms with van der Waals surface area (Å²) in [7, 11) is 1.80. The first-order valence-electron chi connectivity index (χ1n) is 7.46. The molecule has 3 nitrogen and oxygen atoms in total. The number of hydrogen-bond acceptors (Lipinski definition) is 2. The maximum Gasteiger partial charge on any atom is 0.0609 e. The minimum Gasteiger partial charge on any atom is -0.385 e. The van der Waals surface area contributed by atoms with E-state index in [0.29, 0.717) is 5.41 Å². The molecule has 2 atom stereocenters. The van der Waals surface area contributed by atoms with E-state index in [9.17, 15) is 0 Å². The molecule has 0 spiro atoms. The van der Waals surface area contributed by atoms with Crippen LogP contribution in [0.3, 0.4) is 0 Å². The predicted molar refractivity (Wildman–Crippen MR) is 76.8 cm³/mol. The zero-order chi connectivity index (χ0) is 13.3. The number of H-pyrrole nitrogens is 1. The Hall–Kier alpha value is -1.09. The first kappa shape index (κ1) is 12.9. The molecule has 0 bridgehead atoms. The molecule has 0 radical (unpaired) electrons. The summed E-state index contributed by atoms with van der Waals surface area (Å²) >= 11 is 0. The molecule has 0 unspecified atom stereocenters. The van der Waals surface area contributed by atoms with E-state index >= 15 is 0 Å². The number of aromatic amines is 1. The summed E-state index contributed by atoms with van der Waals surface area (Å²) < 4.78 is 5.22. The highest BCUT2D eigenvalue weighted by molar-refractivity contribution is 5.58. The number of aromatic nitrogens is 2. The molecule has 3 rings (SSSR count). The fraction of sp³-hybridized carbons (Fsp3) is 0.688. The molecule has 0 saturated heterocycles. The molecule has 1 aromatic heterocycles. The van der Waals surface area contributed by atoms with Crippen molar-refractivity contribution in [1.29, 1.82) is 0 Å². The highest BCUT2D eigenvalue weighted by Crippen LogP contribution is 2.51. The molecular formula is C16H24N2O. The van der Waals surface area contributed by atoms with Gasteiger partial charge in [0.2, 0.25) is 0 Å². The lowest BCUT2D eigenvalue weighted by Gasteiger charge is -2.46. The van der Waals surface area contributed by atoms with Crippen molar-refractivity contribution in [2.75, 3.05) is 13.7 Å². The fourth-order valence-corrected chi connectivity index (χ4v) is 3.99. The summed E-state index contributed by atoms with van der Waals surface area (Å²) in [6.07, 6.45) is 12.0. The minimum absolute atomic E-state index is 0.350. The molecule has 0 aromatic carbocycles. The summed E-state index contributed by atoms with van der Waals surface area (Å²) in [6.45, 7) is 3.36. The minimum atomic E-state index is 0.350. The quantitative estimate of drug-likeness (QED) is 0.840. The van der Waals surface area contributed by atoms with Gasteiger partial charge in [-0.05, 0) is 61.5 Å². The third kappa shape index (κ3) is 2.25. The topological polar surface area (TPSA) is 37.9 Å². The van der Waals surface area contributed by atoms with Crippen molar-refractivity contribution in [1.82, 2.24) is 10.2 Å². The van der Waals surface area contributed by atoms with E-state index < -0.39 is 0 Å². The molecule has 1 N–H and O–H groups in total. The Bertz CT molecular complexity index is 477. The van der Waals surface area contributed by atoms with Gasteiger partial charge in [0.1, 0.15) is 0 Å². The lowest BCUT2D eigenvalue weighted by Crippen LogP contribution is -2.37. The molecule has 104 valence electrons. The summed E-state index contributed by atoms with van der Waals surface area (Å²) in [5.74, 6) is 0.797. The zero-order valence-corrected chi connectivity index (χ0v) is 12.0. The number of ether oxygens (including phenoxy) is 1. The highest BCUT2D eigenvalue weighted by atomic mass is 16.5. The highest BCUT2D eigenvalue weighted by Gasteiger charge is 2.42. The predicted octanol–water partition coefficient (Wildman–Crippen LogP) is 3.58. The summed E-state index contributed by atoms with van der Waals surface area (Å²) in [5, 5.41) is 7.33.